The molecular weight excluding hydrogens is 383 g/mol. The van der Waals surface area contributed by atoms with E-state index in [0.717, 1.165) is 29.5 Å². The normalized spacial score (nSPS) is 18.6. The molecule has 1 aliphatic rings. The Labute approximate surface area is 175 Å². The molecule has 150 valence electrons. The van der Waals surface area contributed by atoms with E-state index in [4.69, 9.17) is 0 Å². The van der Waals surface area contributed by atoms with Gasteiger partial charge in [0.05, 0.1) is 6.20 Å². The molecular formula is C23H25FN4S. The van der Waals surface area contributed by atoms with Crippen molar-refractivity contribution >= 4 is 23.5 Å². The number of nitrogens with one attached hydrogen (secondary N) is 2. The first kappa shape index (κ1) is 19.7. The van der Waals surface area contributed by atoms with Crippen molar-refractivity contribution in [2.75, 3.05) is 6.54 Å². The third kappa shape index (κ3) is 4.89. The highest BCUT2D eigenvalue weighted by Gasteiger charge is 2.21. The predicted molar refractivity (Wildman–Crippen MR) is 119 cm³/mol. The molecule has 1 fully saturated rings. The molecule has 2 unspecified atom stereocenters. The first-order valence-corrected chi connectivity index (χ1v) is 10.3. The number of hydrogen-bond acceptors (Lipinski definition) is 3. The number of H-pyrrole nitrogens is 1. The molecule has 0 radical (unpaired) electrons. The predicted octanol–water partition coefficient (Wildman–Crippen LogP) is 5.14. The van der Waals surface area contributed by atoms with Gasteiger partial charge in [-0.2, -0.15) is 5.10 Å². The lowest BCUT2D eigenvalue weighted by Gasteiger charge is -2.11. The summed E-state index contributed by atoms with van der Waals surface area (Å²) in [5, 5.41) is 11.7. The second-order valence-electron chi connectivity index (χ2n) is 7.62. The van der Waals surface area contributed by atoms with Crippen molar-refractivity contribution in [3.63, 3.8) is 0 Å². The summed E-state index contributed by atoms with van der Waals surface area (Å²) in [5.74, 6) is 0.520. The van der Waals surface area contributed by atoms with Crippen molar-refractivity contribution < 1.29 is 4.39 Å². The highest BCUT2D eigenvalue weighted by molar-refractivity contribution is 7.80. The van der Waals surface area contributed by atoms with Gasteiger partial charge in [-0.1, -0.05) is 6.07 Å². The van der Waals surface area contributed by atoms with Crippen molar-refractivity contribution in [1.29, 1.82) is 0 Å². The van der Waals surface area contributed by atoms with Crippen molar-refractivity contribution in [3.05, 3.63) is 72.9 Å². The SMILES string of the molecule is CC1CC(Cn2ccc3cc(-c4cn[nH]c4)ccc32)CN1.Fc1ccc(S)cc1. The van der Waals surface area contributed by atoms with Crippen LogP contribution in [0.15, 0.2) is 72.0 Å². The van der Waals surface area contributed by atoms with Gasteiger partial charge in [-0.15, -0.1) is 12.6 Å². The molecule has 2 atom stereocenters. The minimum absolute atomic E-state index is 0.220. The smallest absolute Gasteiger partial charge is 0.123 e. The van der Waals surface area contributed by atoms with Crippen LogP contribution in [0.25, 0.3) is 22.0 Å². The van der Waals surface area contributed by atoms with E-state index in [2.05, 4.69) is 70.1 Å². The number of hydrogen-bond donors (Lipinski definition) is 3. The largest absolute Gasteiger partial charge is 0.347 e. The van der Waals surface area contributed by atoms with Gasteiger partial charge < -0.3 is 9.88 Å². The van der Waals surface area contributed by atoms with Crippen LogP contribution in [0.5, 0.6) is 0 Å². The Kier molecular flexibility index (Phi) is 6.02. The molecule has 4 nitrogen and oxygen atoms in total. The maximum Gasteiger partial charge on any atom is 0.123 e. The van der Waals surface area contributed by atoms with Crippen LogP contribution < -0.4 is 5.32 Å². The maximum absolute atomic E-state index is 12.1. The molecule has 0 saturated carbocycles. The monoisotopic (exact) mass is 408 g/mol. The average molecular weight is 409 g/mol. The summed E-state index contributed by atoms with van der Waals surface area (Å²) in [4.78, 5) is 0.784. The number of aromatic amines is 1. The zero-order chi connectivity index (χ0) is 20.2. The van der Waals surface area contributed by atoms with Gasteiger partial charge in [0.2, 0.25) is 0 Å². The summed E-state index contributed by atoms with van der Waals surface area (Å²) in [7, 11) is 0. The lowest BCUT2D eigenvalue weighted by atomic mass is 10.1. The number of halogens is 1. The van der Waals surface area contributed by atoms with Gasteiger partial charge in [-0.3, -0.25) is 5.10 Å². The van der Waals surface area contributed by atoms with Gasteiger partial charge in [0.25, 0.3) is 0 Å². The quantitative estimate of drug-likeness (QED) is 0.411. The molecule has 0 spiro atoms. The number of rotatable bonds is 3. The lowest BCUT2D eigenvalue weighted by Crippen LogP contribution is -2.17. The zero-order valence-electron chi connectivity index (χ0n) is 16.3. The molecule has 2 N–H and O–H groups in total. The Morgan fingerprint density at radius 1 is 1.14 bits per heavy atom. The summed E-state index contributed by atoms with van der Waals surface area (Å²) in [6.07, 6.45) is 7.28. The van der Waals surface area contributed by atoms with Crippen LogP contribution in [0, 0.1) is 11.7 Å². The van der Waals surface area contributed by atoms with Gasteiger partial charge >= 0.3 is 0 Å². The lowest BCUT2D eigenvalue weighted by molar-refractivity contribution is 0.483. The standard InChI is InChI=1S/C17H20N4.C6H5FS/c1-12-6-13(8-18-12)11-21-5-4-15-7-14(2-3-17(15)21)16-9-19-20-10-16;7-5-1-3-6(8)4-2-5/h2-5,7,9-10,12-13,18H,6,8,11H2,1H3,(H,19,20);1-4,8H. The molecule has 4 aromatic rings. The van der Waals surface area contributed by atoms with E-state index < -0.39 is 0 Å². The average Bonchev–Trinajstić information content (AvgIpc) is 3.47. The van der Waals surface area contributed by atoms with Gasteiger partial charge in [0.15, 0.2) is 0 Å². The van der Waals surface area contributed by atoms with E-state index in [-0.39, 0.29) is 5.82 Å². The van der Waals surface area contributed by atoms with E-state index in [0.29, 0.717) is 6.04 Å². The molecule has 2 aromatic heterocycles. The van der Waals surface area contributed by atoms with Crippen molar-refractivity contribution in [2.45, 2.75) is 30.8 Å². The first-order chi connectivity index (χ1) is 14.1. The number of aromatic nitrogens is 3. The molecule has 3 heterocycles. The fraction of sp³-hybridized carbons (Fsp3) is 0.261. The second-order valence-corrected chi connectivity index (χ2v) is 8.13. The third-order valence-electron chi connectivity index (χ3n) is 5.33. The Morgan fingerprint density at radius 2 is 1.97 bits per heavy atom. The Hall–Kier alpha value is -2.57. The molecule has 1 saturated heterocycles. The number of thiol groups is 1. The molecule has 5 rings (SSSR count). The van der Waals surface area contributed by atoms with Gasteiger partial charge in [-0.25, -0.2) is 4.39 Å². The minimum Gasteiger partial charge on any atom is -0.347 e. The van der Waals surface area contributed by atoms with Crippen LogP contribution in [0.4, 0.5) is 4.39 Å². The third-order valence-corrected chi connectivity index (χ3v) is 5.62. The van der Waals surface area contributed by atoms with Crippen molar-refractivity contribution in [3.8, 4) is 11.1 Å². The van der Waals surface area contributed by atoms with E-state index in [1.54, 1.807) is 12.1 Å². The summed E-state index contributed by atoms with van der Waals surface area (Å²) >= 11 is 3.97. The molecule has 0 amide bonds. The topological polar surface area (TPSA) is 45.6 Å². The van der Waals surface area contributed by atoms with Crippen LogP contribution >= 0.6 is 12.6 Å². The summed E-state index contributed by atoms with van der Waals surface area (Å²) < 4.78 is 14.4. The summed E-state index contributed by atoms with van der Waals surface area (Å²) in [6, 6.07) is 15.5. The highest BCUT2D eigenvalue weighted by Crippen LogP contribution is 2.26. The maximum atomic E-state index is 12.1. The molecule has 2 aromatic carbocycles. The molecule has 0 bridgehead atoms. The van der Waals surface area contributed by atoms with Crippen LogP contribution in [0.2, 0.25) is 0 Å². The van der Waals surface area contributed by atoms with E-state index in [9.17, 15) is 4.39 Å². The zero-order valence-corrected chi connectivity index (χ0v) is 17.2. The van der Waals surface area contributed by atoms with Crippen molar-refractivity contribution in [2.24, 2.45) is 5.92 Å². The van der Waals surface area contributed by atoms with Crippen molar-refractivity contribution in [1.82, 2.24) is 20.1 Å². The first-order valence-electron chi connectivity index (χ1n) is 9.84. The summed E-state index contributed by atoms with van der Waals surface area (Å²) in [6.45, 7) is 4.50. The number of nitrogens with zero attached hydrogens (tertiary/aromatic N) is 2. The Balaban J connectivity index is 0.000000216. The Morgan fingerprint density at radius 3 is 2.62 bits per heavy atom. The molecule has 6 heteroatoms. The minimum atomic E-state index is -0.220. The highest BCUT2D eigenvalue weighted by atomic mass is 32.1. The summed E-state index contributed by atoms with van der Waals surface area (Å²) in [5.41, 5.74) is 3.67. The van der Waals surface area contributed by atoms with Gasteiger partial charge in [-0.05, 0) is 73.8 Å². The van der Waals surface area contributed by atoms with E-state index in [1.165, 1.54) is 35.0 Å². The van der Waals surface area contributed by atoms with Gasteiger partial charge in [0, 0.05) is 46.3 Å². The fourth-order valence-corrected chi connectivity index (χ4v) is 3.99. The Bertz CT molecular complexity index is 1040. The number of fused-ring (bicyclic) bond motifs is 1. The van der Waals surface area contributed by atoms with Crippen LogP contribution in [0.1, 0.15) is 13.3 Å². The molecule has 0 aliphatic carbocycles. The van der Waals surface area contributed by atoms with Crippen LogP contribution in [-0.4, -0.2) is 27.4 Å². The molecule has 1 aliphatic heterocycles. The van der Waals surface area contributed by atoms with Crippen LogP contribution in [0.3, 0.4) is 0 Å². The number of benzene rings is 2. The fourth-order valence-electron chi connectivity index (χ4n) is 3.84. The molecule has 29 heavy (non-hydrogen) atoms. The van der Waals surface area contributed by atoms with E-state index in [1.807, 2.05) is 12.4 Å². The van der Waals surface area contributed by atoms with E-state index >= 15 is 0 Å². The second kappa shape index (κ2) is 8.84. The van der Waals surface area contributed by atoms with Gasteiger partial charge in [0.1, 0.15) is 5.82 Å². The van der Waals surface area contributed by atoms with Crippen LogP contribution in [-0.2, 0) is 6.54 Å².